The summed E-state index contributed by atoms with van der Waals surface area (Å²) in [6.07, 6.45) is 3.90. The number of aryl methyl sites for hydroxylation is 1. The number of allylic oxidation sites excluding steroid dienone is 1. The number of carbonyl (C=O) groups excluding carboxylic acids is 1. The minimum Gasteiger partial charge on any atom is -0.388 e. The summed E-state index contributed by atoms with van der Waals surface area (Å²) in [5, 5.41) is 5.05. The van der Waals surface area contributed by atoms with Gasteiger partial charge in [-0.2, -0.15) is 0 Å². The van der Waals surface area contributed by atoms with Gasteiger partial charge in [-0.1, -0.05) is 30.0 Å². The lowest BCUT2D eigenvalue weighted by Crippen LogP contribution is -1.88. The number of hydrogen-bond acceptors (Lipinski definition) is 2. The molecular formula is C21H19ClN2O. The van der Waals surface area contributed by atoms with E-state index in [-0.39, 0.29) is 0 Å². The summed E-state index contributed by atoms with van der Waals surface area (Å²) in [5.41, 5.74) is 4.25. The van der Waals surface area contributed by atoms with Crippen molar-refractivity contribution < 1.29 is 4.79 Å². The van der Waals surface area contributed by atoms with Crippen molar-refractivity contribution in [2.24, 2.45) is 7.05 Å². The van der Waals surface area contributed by atoms with E-state index in [0.29, 0.717) is 6.29 Å². The lowest BCUT2D eigenvalue weighted by molar-refractivity contribution is -0.104. The highest BCUT2D eigenvalue weighted by Gasteiger charge is 2.05. The van der Waals surface area contributed by atoms with Crippen LogP contribution in [0.15, 0.2) is 61.3 Å². The Balaban J connectivity index is 0.000000511. The van der Waals surface area contributed by atoms with Crippen molar-refractivity contribution in [2.45, 2.75) is 0 Å². The van der Waals surface area contributed by atoms with Crippen LogP contribution in [-0.2, 0) is 11.8 Å². The maximum absolute atomic E-state index is 9.06. The van der Waals surface area contributed by atoms with Crippen LogP contribution in [0.25, 0.3) is 10.9 Å². The smallest absolute Gasteiger partial charge is 0.142 e. The van der Waals surface area contributed by atoms with Crippen LogP contribution in [-0.4, -0.2) is 17.9 Å². The molecular weight excluding hydrogens is 332 g/mol. The van der Waals surface area contributed by atoms with E-state index in [0.717, 1.165) is 27.2 Å². The Morgan fingerprint density at radius 1 is 1.16 bits per heavy atom. The molecule has 4 heteroatoms. The highest BCUT2D eigenvalue weighted by molar-refractivity contribution is 6.30. The van der Waals surface area contributed by atoms with Crippen LogP contribution in [0.1, 0.15) is 11.1 Å². The van der Waals surface area contributed by atoms with Crippen molar-refractivity contribution in [3.05, 3.63) is 77.5 Å². The third-order valence-corrected chi connectivity index (χ3v) is 3.81. The average molecular weight is 351 g/mol. The van der Waals surface area contributed by atoms with Gasteiger partial charge in [0.05, 0.1) is 5.56 Å². The molecule has 0 unspecified atom stereocenters. The van der Waals surface area contributed by atoms with Gasteiger partial charge in [-0.25, -0.2) is 0 Å². The monoisotopic (exact) mass is 350 g/mol. The molecule has 0 aliphatic rings. The number of fused-ring (bicyclic) bond motifs is 1. The molecule has 0 radical (unpaired) electrons. The molecule has 25 heavy (non-hydrogen) atoms. The topological polar surface area (TPSA) is 34.0 Å². The van der Waals surface area contributed by atoms with Crippen molar-refractivity contribution >= 4 is 34.5 Å². The van der Waals surface area contributed by atoms with E-state index in [4.69, 9.17) is 16.4 Å². The van der Waals surface area contributed by atoms with Crippen molar-refractivity contribution in [1.29, 1.82) is 0 Å². The summed E-state index contributed by atoms with van der Waals surface area (Å²) in [5.74, 6) is 6.44. The number of nitrogens with one attached hydrogen (secondary N) is 1. The van der Waals surface area contributed by atoms with Crippen LogP contribution in [0.3, 0.4) is 0 Å². The van der Waals surface area contributed by atoms with E-state index in [2.05, 4.69) is 52.7 Å². The molecule has 0 saturated carbocycles. The van der Waals surface area contributed by atoms with Gasteiger partial charge in [0.15, 0.2) is 0 Å². The molecule has 0 fully saturated rings. The second-order valence-corrected chi connectivity index (χ2v) is 5.70. The Bertz CT molecular complexity index is 938. The molecule has 0 aliphatic carbocycles. The first kappa shape index (κ1) is 18.4. The third kappa shape index (κ3) is 4.76. The number of benzene rings is 2. The Morgan fingerprint density at radius 2 is 1.84 bits per heavy atom. The molecule has 0 bridgehead atoms. The predicted molar refractivity (Wildman–Crippen MR) is 106 cm³/mol. The Hall–Kier alpha value is -2.96. The summed E-state index contributed by atoms with van der Waals surface area (Å²) >= 11 is 5.89. The van der Waals surface area contributed by atoms with Gasteiger partial charge in [0, 0.05) is 47.5 Å². The molecule has 0 saturated heterocycles. The van der Waals surface area contributed by atoms with Gasteiger partial charge in [0.2, 0.25) is 0 Å². The minimum atomic E-state index is 0.639. The van der Waals surface area contributed by atoms with Crippen LogP contribution in [0.5, 0.6) is 0 Å². The standard InChI is InChI=1S/C18H15ClN2.C3H4O/c1-20-16-9-10-18-17(11-16)14(12-21(18)2)6-3-13-4-7-15(19)8-5-13;1-2-3-4/h4-5,7-12,20H,1-2H3;2-3H,1H2. The van der Waals surface area contributed by atoms with E-state index in [1.165, 1.54) is 11.6 Å². The maximum atomic E-state index is 9.06. The normalized spacial score (nSPS) is 9.40. The quantitative estimate of drug-likeness (QED) is 0.415. The summed E-state index contributed by atoms with van der Waals surface area (Å²) in [6, 6.07) is 13.9. The van der Waals surface area contributed by atoms with Gasteiger partial charge >= 0.3 is 0 Å². The molecule has 0 atom stereocenters. The number of rotatable bonds is 2. The largest absolute Gasteiger partial charge is 0.388 e. The van der Waals surface area contributed by atoms with Gasteiger partial charge < -0.3 is 9.88 Å². The second kappa shape index (κ2) is 8.77. The van der Waals surface area contributed by atoms with Gasteiger partial charge in [-0.15, -0.1) is 0 Å². The molecule has 1 heterocycles. The molecule has 0 spiro atoms. The average Bonchev–Trinajstić information content (AvgIpc) is 2.96. The fourth-order valence-corrected chi connectivity index (χ4v) is 2.45. The Kier molecular flexibility index (Phi) is 6.45. The fourth-order valence-electron chi connectivity index (χ4n) is 2.32. The summed E-state index contributed by atoms with van der Waals surface area (Å²) in [4.78, 5) is 9.06. The van der Waals surface area contributed by atoms with Gasteiger partial charge in [-0.3, -0.25) is 4.79 Å². The van der Waals surface area contributed by atoms with E-state index in [9.17, 15) is 0 Å². The van der Waals surface area contributed by atoms with Crippen molar-refractivity contribution in [1.82, 2.24) is 4.57 Å². The molecule has 1 N–H and O–H groups in total. The molecule has 126 valence electrons. The summed E-state index contributed by atoms with van der Waals surface area (Å²) in [6.45, 7) is 3.11. The predicted octanol–water partition coefficient (Wildman–Crippen LogP) is 4.64. The maximum Gasteiger partial charge on any atom is 0.142 e. The van der Waals surface area contributed by atoms with Crippen molar-refractivity contribution in [3.63, 3.8) is 0 Å². The van der Waals surface area contributed by atoms with Crippen LogP contribution in [0.2, 0.25) is 5.02 Å². The molecule has 2 aromatic carbocycles. The molecule has 3 nitrogen and oxygen atoms in total. The Morgan fingerprint density at radius 3 is 2.44 bits per heavy atom. The first-order valence-corrected chi connectivity index (χ1v) is 8.07. The summed E-state index contributed by atoms with van der Waals surface area (Å²) < 4.78 is 2.10. The number of nitrogens with zero attached hydrogens (tertiary/aromatic N) is 1. The van der Waals surface area contributed by atoms with Gasteiger partial charge in [-0.05, 0) is 48.5 Å². The molecule has 3 rings (SSSR count). The zero-order valence-electron chi connectivity index (χ0n) is 14.2. The summed E-state index contributed by atoms with van der Waals surface area (Å²) in [7, 11) is 3.96. The number of aromatic nitrogens is 1. The highest BCUT2D eigenvalue weighted by atomic mass is 35.5. The number of hydrogen-bond donors (Lipinski definition) is 1. The van der Waals surface area contributed by atoms with Crippen LogP contribution in [0.4, 0.5) is 5.69 Å². The van der Waals surface area contributed by atoms with E-state index < -0.39 is 0 Å². The lowest BCUT2D eigenvalue weighted by Gasteiger charge is -2.00. The minimum absolute atomic E-state index is 0.639. The number of aldehydes is 1. The lowest BCUT2D eigenvalue weighted by atomic mass is 10.1. The van der Waals surface area contributed by atoms with E-state index in [1.54, 1.807) is 0 Å². The molecule has 0 amide bonds. The third-order valence-electron chi connectivity index (χ3n) is 3.56. The molecule has 3 aromatic rings. The van der Waals surface area contributed by atoms with Crippen LogP contribution >= 0.6 is 11.6 Å². The highest BCUT2D eigenvalue weighted by Crippen LogP contribution is 2.23. The van der Waals surface area contributed by atoms with Gasteiger partial charge in [0.25, 0.3) is 0 Å². The molecule has 1 aromatic heterocycles. The van der Waals surface area contributed by atoms with Crippen molar-refractivity contribution in [2.75, 3.05) is 12.4 Å². The van der Waals surface area contributed by atoms with E-state index >= 15 is 0 Å². The zero-order chi connectivity index (χ0) is 18.2. The zero-order valence-corrected chi connectivity index (χ0v) is 15.0. The number of carbonyl (C=O) groups is 1. The first-order valence-electron chi connectivity index (χ1n) is 7.69. The second-order valence-electron chi connectivity index (χ2n) is 5.26. The van der Waals surface area contributed by atoms with Crippen LogP contribution < -0.4 is 5.32 Å². The SMILES string of the molecule is C=CC=O.CNc1ccc2c(c1)c(C#Cc1ccc(Cl)cc1)cn2C. The van der Waals surface area contributed by atoms with Gasteiger partial charge in [0.1, 0.15) is 6.29 Å². The van der Waals surface area contributed by atoms with E-state index in [1.807, 2.05) is 38.4 Å². The molecule has 0 aliphatic heterocycles. The fraction of sp³-hybridized carbons (Fsp3) is 0.0952. The van der Waals surface area contributed by atoms with Crippen molar-refractivity contribution in [3.8, 4) is 11.8 Å². The number of anilines is 1. The Labute approximate surface area is 152 Å². The number of halogens is 1. The first-order chi connectivity index (χ1) is 12.1. The van der Waals surface area contributed by atoms with Crippen LogP contribution in [0, 0.1) is 11.8 Å².